The number of sulfonamides is 1. The molecule has 1 aromatic carbocycles. The fraction of sp³-hybridized carbons (Fsp3) is 0.500. The summed E-state index contributed by atoms with van der Waals surface area (Å²) < 4.78 is 26.3. The Kier molecular flexibility index (Phi) is 9.27. The molecule has 1 aromatic rings. The molecule has 0 atom stereocenters. The van der Waals surface area contributed by atoms with E-state index in [1.807, 2.05) is 6.92 Å². The third kappa shape index (κ3) is 5.92. The Morgan fingerprint density at radius 3 is 2.41 bits per heavy atom. The van der Waals surface area contributed by atoms with Crippen molar-refractivity contribution in [1.82, 2.24) is 15.4 Å². The van der Waals surface area contributed by atoms with E-state index in [0.29, 0.717) is 25.2 Å². The van der Waals surface area contributed by atoms with Crippen LogP contribution >= 0.6 is 12.4 Å². The maximum absolute atomic E-state index is 12.1. The fourth-order valence-electron chi connectivity index (χ4n) is 1.82. The molecule has 0 aliphatic rings. The average Bonchev–Trinajstić information content (AvgIpc) is 2.43. The highest BCUT2D eigenvalue weighted by Crippen LogP contribution is 2.15. The van der Waals surface area contributed by atoms with Crippen LogP contribution in [0.2, 0.25) is 0 Å². The topological polar surface area (TPSA) is 87.3 Å². The van der Waals surface area contributed by atoms with Crippen molar-refractivity contribution in [3.05, 3.63) is 29.3 Å². The second-order valence-electron chi connectivity index (χ2n) is 4.59. The lowest BCUT2D eigenvalue weighted by Gasteiger charge is -2.10. The number of carbonyl (C=O) groups excluding carboxylic acids is 1. The number of carbonyl (C=O) groups is 1. The Labute approximate surface area is 138 Å². The first-order valence-corrected chi connectivity index (χ1v) is 8.50. The first kappa shape index (κ1) is 20.9. The number of nitrogens with one attached hydrogen (secondary N) is 3. The van der Waals surface area contributed by atoms with Crippen molar-refractivity contribution >= 4 is 28.3 Å². The van der Waals surface area contributed by atoms with Crippen LogP contribution in [0.4, 0.5) is 0 Å². The maximum atomic E-state index is 12.1. The third-order valence-electron chi connectivity index (χ3n) is 2.94. The molecular weight excluding hydrogens is 326 g/mol. The van der Waals surface area contributed by atoms with Crippen molar-refractivity contribution in [2.75, 3.05) is 26.2 Å². The quantitative estimate of drug-likeness (QED) is 0.612. The van der Waals surface area contributed by atoms with Crippen LogP contribution in [-0.4, -0.2) is 40.5 Å². The molecule has 22 heavy (non-hydrogen) atoms. The van der Waals surface area contributed by atoms with Gasteiger partial charge in [0, 0.05) is 25.2 Å². The van der Waals surface area contributed by atoms with Crippen molar-refractivity contribution in [3.63, 3.8) is 0 Å². The normalized spacial score (nSPS) is 10.9. The summed E-state index contributed by atoms with van der Waals surface area (Å²) in [6.07, 6.45) is 0. The van der Waals surface area contributed by atoms with Gasteiger partial charge in [0.2, 0.25) is 10.0 Å². The van der Waals surface area contributed by atoms with Crippen molar-refractivity contribution < 1.29 is 13.2 Å². The number of hydrogen-bond acceptors (Lipinski definition) is 4. The van der Waals surface area contributed by atoms with Crippen molar-refractivity contribution in [3.8, 4) is 0 Å². The molecule has 0 bridgehead atoms. The molecule has 1 amide bonds. The number of likely N-dealkylation sites (N-methyl/N-ethyl adjacent to an activating group) is 1. The molecule has 0 radical (unpaired) electrons. The Morgan fingerprint density at radius 2 is 1.82 bits per heavy atom. The number of halogens is 1. The number of aryl methyl sites for hydroxylation is 1. The van der Waals surface area contributed by atoms with E-state index in [2.05, 4.69) is 15.4 Å². The third-order valence-corrected chi connectivity index (χ3v) is 4.48. The van der Waals surface area contributed by atoms with E-state index in [9.17, 15) is 13.2 Å². The van der Waals surface area contributed by atoms with Gasteiger partial charge in [0.1, 0.15) is 0 Å². The highest BCUT2D eigenvalue weighted by Gasteiger charge is 2.16. The first-order chi connectivity index (χ1) is 9.92. The van der Waals surface area contributed by atoms with Gasteiger partial charge in [-0.1, -0.05) is 19.9 Å². The number of hydrogen-bond donors (Lipinski definition) is 3. The molecule has 0 saturated carbocycles. The fourth-order valence-corrected chi connectivity index (χ4v) is 2.89. The second-order valence-corrected chi connectivity index (χ2v) is 6.35. The van der Waals surface area contributed by atoms with Crippen LogP contribution in [0.5, 0.6) is 0 Å². The molecule has 0 saturated heterocycles. The molecule has 126 valence electrons. The zero-order valence-corrected chi connectivity index (χ0v) is 14.7. The molecule has 6 nitrogen and oxygen atoms in total. The Morgan fingerprint density at radius 1 is 1.14 bits per heavy atom. The average molecular weight is 350 g/mol. The summed E-state index contributed by atoms with van der Waals surface area (Å²) in [6, 6.07) is 4.56. The summed E-state index contributed by atoms with van der Waals surface area (Å²) in [7, 11) is -3.55. The minimum Gasteiger partial charge on any atom is -0.351 e. The van der Waals surface area contributed by atoms with Crippen LogP contribution in [0, 0.1) is 6.92 Å². The molecule has 0 unspecified atom stereocenters. The summed E-state index contributed by atoms with van der Waals surface area (Å²) in [5, 5.41) is 5.87. The molecule has 0 spiro atoms. The molecule has 3 N–H and O–H groups in total. The largest absolute Gasteiger partial charge is 0.351 e. The summed E-state index contributed by atoms with van der Waals surface area (Å²) in [5.41, 5.74) is 1.12. The summed E-state index contributed by atoms with van der Waals surface area (Å²) in [4.78, 5) is 12.2. The first-order valence-electron chi connectivity index (χ1n) is 7.01. The Balaban J connectivity index is 0.00000441. The monoisotopic (exact) mass is 349 g/mol. The van der Waals surface area contributed by atoms with Gasteiger partial charge in [-0.25, -0.2) is 13.1 Å². The van der Waals surface area contributed by atoms with Gasteiger partial charge in [-0.2, -0.15) is 0 Å². The van der Waals surface area contributed by atoms with E-state index in [1.54, 1.807) is 19.9 Å². The highest BCUT2D eigenvalue weighted by atomic mass is 35.5. The van der Waals surface area contributed by atoms with Gasteiger partial charge < -0.3 is 10.6 Å². The summed E-state index contributed by atoms with van der Waals surface area (Å²) in [5.74, 6) is -0.265. The zero-order chi connectivity index (χ0) is 15.9. The standard InChI is InChI=1S/C14H23N3O3S.ClH/c1-4-15-8-9-16-14(18)13-10-12(7-6-11(13)3)21(19,20)17-5-2;/h6-7,10,15,17H,4-5,8-9H2,1-3H3,(H,16,18);1H. The van der Waals surface area contributed by atoms with Gasteiger partial charge in [0.25, 0.3) is 5.91 Å². The van der Waals surface area contributed by atoms with Crippen LogP contribution in [-0.2, 0) is 10.0 Å². The van der Waals surface area contributed by atoms with Crippen molar-refractivity contribution in [2.24, 2.45) is 0 Å². The molecule has 1 rings (SSSR count). The van der Waals surface area contributed by atoms with Crippen LogP contribution in [0.15, 0.2) is 23.1 Å². The molecule has 0 aliphatic heterocycles. The van der Waals surface area contributed by atoms with E-state index >= 15 is 0 Å². The van der Waals surface area contributed by atoms with Gasteiger partial charge in [0.15, 0.2) is 0 Å². The van der Waals surface area contributed by atoms with E-state index < -0.39 is 10.0 Å². The van der Waals surface area contributed by atoms with E-state index in [4.69, 9.17) is 0 Å². The molecule has 0 fully saturated rings. The van der Waals surface area contributed by atoms with Gasteiger partial charge in [-0.15, -0.1) is 12.4 Å². The second kappa shape index (κ2) is 9.78. The lowest BCUT2D eigenvalue weighted by Crippen LogP contribution is -2.32. The van der Waals surface area contributed by atoms with Gasteiger partial charge >= 0.3 is 0 Å². The number of amides is 1. The van der Waals surface area contributed by atoms with E-state index in [1.165, 1.54) is 12.1 Å². The summed E-state index contributed by atoms with van der Waals surface area (Å²) in [6.45, 7) is 7.79. The zero-order valence-electron chi connectivity index (χ0n) is 13.1. The van der Waals surface area contributed by atoms with Gasteiger partial charge in [-0.3, -0.25) is 4.79 Å². The van der Waals surface area contributed by atoms with Crippen LogP contribution in [0.1, 0.15) is 29.8 Å². The predicted molar refractivity (Wildman–Crippen MR) is 90.2 cm³/mol. The molecule has 0 aliphatic carbocycles. The van der Waals surface area contributed by atoms with Crippen molar-refractivity contribution in [1.29, 1.82) is 0 Å². The van der Waals surface area contributed by atoms with Crippen LogP contribution in [0.3, 0.4) is 0 Å². The molecular formula is C14H24ClN3O3S. The summed E-state index contributed by atoms with van der Waals surface area (Å²) >= 11 is 0. The number of benzene rings is 1. The lowest BCUT2D eigenvalue weighted by molar-refractivity contribution is 0.0953. The van der Waals surface area contributed by atoms with E-state index in [0.717, 1.165) is 12.1 Å². The molecule has 8 heteroatoms. The SMILES string of the molecule is CCNCCNC(=O)c1cc(S(=O)(=O)NCC)ccc1C.Cl. The Hall–Kier alpha value is -1.15. The minimum atomic E-state index is -3.55. The minimum absolute atomic E-state index is 0. The Bertz CT molecular complexity index is 591. The van der Waals surface area contributed by atoms with Crippen LogP contribution in [0.25, 0.3) is 0 Å². The van der Waals surface area contributed by atoms with E-state index in [-0.39, 0.29) is 23.2 Å². The predicted octanol–water partition coefficient (Wildman–Crippen LogP) is 1.05. The number of rotatable bonds is 8. The van der Waals surface area contributed by atoms with Crippen LogP contribution < -0.4 is 15.4 Å². The van der Waals surface area contributed by atoms with Gasteiger partial charge in [-0.05, 0) is 31.2 Å². The lowest BCUT2D eigenvalue weighted by atomic mass is 10.1. The molecule has 0 aromatic heterocycles. The maximum Gasteiger partial charge on any atom is 0.251 e. The smallest absolute Gasteiger partial charge is 0.251 e. The van der Waals surface area contributed by atoms with Crippen molar-refractivity contribution in [2.45, 2.75) is 25.7 Å². The van der Waals surface area contributed by atoms with Gasteiger partial charge in [0.05, 0.1) is 4.90 Å². The molecule has 0 heterocycles. The highest BCUT2D eigenvalue weighted by molar-refractivity contribution is 7.89.